The van der Waals surface area contributed by atoms with Crippen molar-refractivity contribution in [1.82, 2.24) is 13.7 Å². The molecule has 4 nitrogen and oxygen atoms in total. The summed E-state index contributed by atoms with van der Waals surface area (Å²) in [7, 11) is 0. The fourth-order valence-electron chi connectivity index (χ4n) is 1.53. The number of halogens is 2. The van der Waals surface area contributed by atoms with Crippen molar-refractivity contribution in [2.24, 2.45) is 0 Å². The second kappa shape index (κ2) is 4.68. The number of rotatable bonds is 2. The second-order valence-electron chi connectivity index (χ2n) is 3.41. The van der Waals surface area contributed by atoms with E-state index in [1.807, 2.05) is 12.1 Å². The van der Waals surface area contributed by atoms with Crippen LogP contribution in [0.5, 0.6) is 11.6 Å². The average Bonchev–Trinajstić information content (AvgIpc) is 2.79. The zero-order valence-corrected chi connectivity index (χ0v) is 11.1. The van der Waals surface area contributed by atoms with Gasteiger partial charge in [0.1, 0.15) is 5.52 Å². The van der Waals surface area contributed by atoms with Gasteiger partial charge in [-0.15, -0.1) is 4.37 Å². The summed E-state index contributed by atoms with van der Waals surface area (Å²) in [6.07, 6.45) is 1.67. The molecule has 1 aromatic carbocycles. The molecule has 3 aromatic rings. The standard InChI is InChI=1S/C11H5Cl2N3OS/c12-7-3-4-8(9-6(7)2-1-5-14-9)17-11-10(13)15-18-16-11/h1-5H. The van der Waals surface area contributed by atoms with E-state index in [1.54, 1.807) is 18.3 Å². The number of aromatic nitrogens is 3. The molecular formula is C11H5Cl2N3OS. The molecule has 0 spiro atoms. The Balaban J connectivity index is 2.13. The van der Waals surface area contributed by atoms with Crippen LogP contribution in [0.2, 0.25) is 10.2 Å². The molecule has 0 aliphatic carbocycles. The minimum atomic E-state index is 0.235. The first-order valence-electron chi connectivity index (χ1n) is 4.95. The Hall–Kier alpha value is -1.43. The lowest BCUT2D eigenvalue weighted by Crippen LogP contribution is -1.89. The van der Waals surface area contributed by atoms with E-state index >= 15 is 0 Å². The number of hydrogen-bond donors (Lipinski definition) is 0. The van der Waals surface area contributed by atoms with Crippen LogP contribution in [0.4, 0.5) is 0 Å². The molecule has 3 rings (SSSR count). The van der Waals surface area contributed by atoms with Crippen LogP contribution in [0.25, 0.3) is 10.9 Å². The van der Waals surface area contributed by atoms with Gasteiger partial charge in [0.2, 0.25) is 5.15 Å². The van der Waals surface area contributed by atoms with E-state index in [1.165, 1.54) is 0 Å². The maximum absolute atomic E-state index is 6.09. The minimum Gasteiger partial charge on any atom is -0.433 e. The highest BCUT2D eigenvalue weighted by molar-refractivity contribution is 6.99. The zero-order valence-electron chi connectivity index (χ0n) is 8.80. The van der Waals surface area contributed by atoms with E-state index in [2.05, 4.69) is 13.7 Å². The first-order chi connectivity index (χ1) is 8.75. The number of hydrogen-bond acceptors (Lipinski definition) is 5. The highest BCUT2D eigenvalue weighted by atomic mass is 35.5. The predicted octanol–water partition coefficient (Wildman–Crippen LogP) is 4.19. The van der Waals surface area contributed by atoms with Gasteiger partial charge in [0.15, 0.2) is 5.75 Å². The Labute approximate surface area is 116 Å². The Kier molecular flexibility index (Phi) is 3.03. The zero-order chi connectivity index (χ0) is 12.5. The molecule has 0 aliphatic rings. The monoisotopic (exact) mass is 297 g/mol. The predicted molar refractivity (Wildman–Crippen MR) is 71.7 cm³/mol. The first kappa shape index (κ1) is 11.6. The Morgan fingerprint density at radius 1 is 1.11 bits per heavy atom. The van der Waals surface area contributed by atoms with Crippen LogP contribution >= 0.6 is 34.9 Å². The van der Waals surface area contributed by atoms with Crippen molar-refractivity contribution >= 4 is 45.8 Å². The van der Waals surface area contributed by atoms with Gasteiger partial charge in [-0.2, -0.15) is 4.37 Å². The number of ether oxygens (including phenoxy) is 1. The normalized spacial score (nSPS) is 10.8. The van der Waals surface area contributed by atoms with E-state index in [0.29, 0.717) is 16.3 Å². The Morgan fingerprint density at radius 2 is 2.00 bits per heavy atom. The van der Waals surface area contributed by atoms with E-state index in [0.717, 1.165) is 17.1 Å². The molecule has 0 saturated carbocycles. The lowest BCUT2D eigenvalue weighted by molar-refractivity contribution is 0.472. The Bertz CT molecular complexity index is 716. The SMILES string of the molecule is Clc1nsnc1Oc1ccc(Cl)c2cccnc12. The largest absolute Gasteiger partial charge is 0.433 e. The van der Waals surface area contributed by atoms with Gasteiger partial charge in [-0.3, -0.25) is 4.98 Å². The molecule has 0 radical (unpaired) electrons. The average molecular weight is 298 g/mol. The van der Waals surface area contributed by atoms with Crippen molar-refractivity contribution in [3.63, 3.8) is 0 Å². The third kappa shape index (κ3) is 2.01. The van der Waals surface area contributed by atoms with E-state index in [9.17, 15) is 0 Å². The van der Waals surface area contributed by atoms with Crippen LogP contribution in [-0.4, -0.2) is 13.7 Å². The van der Waals surface area contributed by atoms with Crippen LogP contribution < -0.4 is 4.74 Å². The number of benzene rings is 1. The molecule has 0 fully saturated rings. The van der Waals surface area contributed by atoms with Gasteiger partial charge in [-0.25, -0.2) is 0 Å². The molecule has 18 heavy (non-hydrogen) atoms. The van der Waals surface area contributed by atoms with E-state index < -0.39 is 0 Å². The van der Waals surface area contributed by atoms with Gasteiger partial charge in [-0.05, 0) is 24.3 Å². The summed E-state index contributed by atoms with van der Waals surface area (Å²) in [5, 5.41) is 1.67. The molecule has 0 bridgehead atoms. The summed E-state index contributed by atoms with van der Waals surface area (Å²) in [5.41, 5.74) is 0.661. The van der Waals surface area contributed by atoms with Crippen molar-refractivity contribution in [2.45, 2.75) is 0 Å². The van der Waals surface area contributed by atoms with Gasteiger partial charge in [0.25, 0.3) is 5.88 Å². The molecule has 0 atom stereocenters. The maximum Gasteiger partial charge on any atom is 0.270 e. The van der Waals surface area contributed by atoms with Crippen molar-refractivity contribution < 1.29 is 4.74 Å². The summed E-state index contributed by atoms with van der Waals surface area (Å²) in [6.45, 7) is 0. The van der Waals surface area contributed by atoms with Crippen molar-refractivity contribution in [1.29, 1.82) is 0 Å². The van der Waals surface area contributed by atoms with Gasteiger partial charge in [0, 0.05) is 11.6 Å². The molecule has 7 heteroatoms. The number of fused-ring (bicyclic) bond motifs is 1. The highest BCUT2D eigenvalue weighted by Crippen LogP contribution is 2.34. The van der Waals surface area contributed by atoms with Crippen LogP contribution in [-0.2, 0) is 0 Å². The lowest BCUT2D eigenvalue weighted by Gasteiger charge is -2.06. The van der Waals surface area contributed by atoms with E-state index in [4.69, 9.17) is 27.9 Å². The molecule has 2 aromatic heterocycles. The van der Waals surface area contributed by atoms with Gasteiger partial charge >= 0.3 is 0 Å². The fourth-order valence-corrected chi connectivity index (χ4v) is 2.36. The second-order valence-corrected chi connectivity index (χ2v) is 4.70. The van der Waals surface area contributed by atoms with Crippen LogP contribution in [0, 0.1) is 0 Å². The summed E-state index contributed by atoms with van der Waals surface area (Å²) in [5.74, 6) is 0.820. The molecule has 0 saturated heterocycles. The van der Waals surface area contributed by atoms with Gasteiger partial charge < -0.3 is 4.74 Å². The Morgan fingerprint density at radius 3 is 2.78 bits per heavy atom. The summed E-state index contributed by atoms with van der Waals surface area (Å²) >= 11 is 12.9. The molecule has 0 unspecified atom stereocenters. The third-order valence-corrected chi connectivity index (χ3v) is 3.49. The summed E-state index contributed by atoms with van der Waals surface area (Å²) in [4.78, 5) is 4.25. The molecule has 2 heterocycles. The summed E-state index contributed by atoms with van der Waals surface area (Å²) in [6, 6.07) is 7.16. The van der Waals surface area contributed by atoms with Crippen LogP contribution in [0.3, 0.4) is 0 Å². The first-order valence-corrected chi connectivity index (χ1v) is 6.43. The van der Waals surface area contributed by atoms with Gasteiger partial charge in [0.05, 0.1) is 16.8 Å². The van der Waals surface area contributed by atoms with E-state index in [-0.39, 0.29) is 11.0 Å². The quantitative estimate of drug-likeness (QED) is 0.712. The number of pyridine rings is 1. The fraction of sp³-hybridized carbons (Fsp3) is 0. The van der Waals surface area contributed by atoms with Crippen molar-refractivity contribution in [3.8, 4) is 11.6 Å². The highest BCUT2D eigenvalue weighted by Gasteiger charge is 2.12. The molecule has 0 aliphatic heterocycles. The molecule has 90 valence electrons. The van der Waals surface area contributed by atoms with Crippen molar-refractivity contribution in [3.05, 3.63) is 40.6 Å². The maximum atomic E-state index is 6.09. The molecule has 0 N–H and O–H groups in total. The third-order valence-electron chi connectivity index (χ3n) is 2.31. The smallest absolute Gasteiger partial charge is 0.270 e. The van der Waals surface area contributed by atoms with Crippen molar-refractivity contribution in [2.75, 3.05) is 0 Å². The van der Waals surface area contributed by atoms with Crippen LogP contribution in [0.15, 0.2) is 30.5 Å². The minimum absolute atomic E-state index is 0.235. The molecular weight excluding hydrogens is 293 g/mol. The lowest BCUT2D eigenvalue weighted by atomic mass is 10.2. The number of nitrogens with zero attached hydrogens (tertiary/aromatic N) is 3. The molecule has 0 amide bonds. The topological polar surface area (TPSA) is 47.9 Å². The summed E-state index contributed by atoms with van der Waals surface area (Å²) < 4.78 is 13.4. The van der Waals surface area contributed by atoms with Crippen LogP contribution in [0.1, 0.15) is 0 Å². The van der Waals surface area contributed by atoms with Gasteiger partial charge in [-0.1, -0.05) is 23.2 Å².